The van der Waals surface area contributed by atoms with E-state index in [9.17, 15) is 9.59 Å². The maximum Gasteiger partial charge on any atom is 0.262 e. The molecule has 2 aromatic carbocycles. The van der Waals surface area contributed by atoms with Gasteiger partial charge in [0.25, 0.3) is 5.91 Å². The molecule has 0 spiro atoms. The number of thioether (sulfide) groups is 2. The molecule has 2 amide bonds. The Balaban J connectivity index is 1.43. The first kappa shape index (κ1) is 22.6. The Morgan fingerprint density at radius 2 is 1.67 bits per heavy atom. The number of carbonyl (C=O) groups excluding carboxylic acids is 2. The number of nitrogens with one attached hydrogen (secondary N) is 2. The zero-order valence-corrected chi connectivity index (χ0v) is 19.0. The van der Waals surface area contributed by atoms with Crippen LogP contribution in [0.15, 0.2) is 48.5 Å². The molecule has 0 unspecified atom stereocenters. The minimum absolute atomic E-state index is 0.0121. The first-order chi connectivity index (χ1) is 14.5. The molecule has 2 aromatic rings. The molecule has 160 valence electrons. The number of benzene rings is 2. The molecule has 0 radical (unpaired) electrons. The zero-order valence-electron chi connectivity index (χ0n) is 17.4. The number of ether oxygens (including phenoxy) is 1. The van der Waals surface area contributed by atoms with Gasteiger partial charge in [-0.2, -0.15) is 0 Å². The normalized spacial score (nSPS) is 14.4. The van der Waals surface area contributed by atoms with Crippen LogP contribution in [0.3, 0.4) is 0 Å². The lowest BCUT2D eigenvalue weighted by Crippen LogP contribution is -2.31. The SMILES string of the molecule is CC(C)NC(=O)Cc1ccc(NC(=O)COc2ccc(C3SCCCS3)cc2)cc1. The van der Waals surface area contributed by atoms with Gasteiger partial charge in [-0.3, -0.25) is 9.59 Å². The van der Waals surface area contributed by atoms with Gasteiger partial charge in [-0.25, -0.2) is 0 Å². The maximum atomic E-state index is 12.2. The first-order valence-electron chi connectivity index (χ1n) is 10.1. The second kappa shape index (κ2) is 11.3. The molecule has 1 saturated heterocycles. The topological polar surface area (TPSA) is 67.4 Å². The van der Waals surface area contributed by atoms with Gasteiger partial charge in [0.15, 0.2) is 6.61 Å². The summed E-state index contributed by atoms with van der Waals surface area (Å²) in [5, 5.41) is 5.68. The van der Waals surface area contributed by atoms with E-state index in [0.717, 1.165) is 5.56 Å². The highest BCUT2D eigenvalue weighted by atomic mass is 32.2. The summed E-state index contributed by atoms with van der Waals surface area (Å²) < 4.78 is 6.11. The van der Waals surface area contributed by atoms with Crippen molar-refractivity contribution >= 4 is 41.0 Å². The van der Waals surface area contributed by atoms with Gasteiger partial charge in [-0.1, -0.05) is 24.3 Å². The van der Waals surface area contributed by atoms with E-state index in [0.29, 0.717) is 22.4 Å². The molecule has 7 heteroatoms. The molecule has 2 N–H and O–H groups in total. The van der Waals surface area contributed by atoms with Crippen LogP contribution in [-0.2, 0) is 16.0 Å². The Morgan fingerprint density at radius 3 is 2.30 bits per heavy atom. The largest absolute Gasteiger partial charge is 0.484 e. The Labute approximate surface area is 186 Å². The van der Waals surface area contributed by atoms with Crippen molar-refractivity contribution in [3.63, 3.8) is 0 Å². The van der Waals surface area contributed by atoms with Crippen LogP contribution in [0.2, 0.25) is 0 Å². The quantitative estimate of drug-likeness (QED) is 0.621. The molecule has 1 aliphatic rings. The third kappa shape index (κ3) is 7.29. The lowest BCUT2D eigenvalue weighted by atomic mass is 10.1. The summed E-state index contributed by atoms with van der Waals surface area (Å²) in [6, 6.07) is 15.4. The summed E-state index contributed by atoms with van der Waals surface area (Å²) in [7, 11) is 0. The molecular weight excluding hydrogens is 416 g/mol. The average Bonchev–Trinajstić information content (AvgIpc) is 2.74. The summed E-state index contributed by atoms with van der Waals surface area (Å²) in [6.07, 6.45) is 1.60. The molecule has 0 bridgehead atoms. The lowest BCUT2D eigenvalue weighted by Gasteiger charge is -2.21. The third-order valence-electron chi connectivity index (χ3n) is 4.40. The predicted molar refractivity (Wildman–Crippen MR) is 126 cm³/mol. The van der Waals surface area contributed by atoms with E-state index in [1.807, 2.05) is 61.6 Å². The summed E-state index contributed by atoms with van der Waals surface area (Å²) in [6.45, 7) is 3.81. The Hall–Kier alpha value is -2.12. The number of hydrogen-bond acceptors (Lipinski definition) is 5. The first-order valence-corrected chi connectivity index (χ1v) is 12.2. The van der Waals surface area contributed by atoms with Crippen molar-refractivity contribution < 1.29 is 14.3 Å². The monoisotopic (exact) mass is 444 g/mol. The van der Waals surface area contributed by atoms with Crippen LogP contribution in [0, 0.1) is 0 Å². The van der Waals surface area contributed by atoms with Crippen LogP contribution >= 0.6 is 23.5 Å². The number of anilines is 1. The van der Waals surface area contributed by atoms with E-state index >= 15 is 0 Å². The van der Waals surface area contributed by atoms with Crippen LogP contribution in [0.5, 0.6) is 5.75 Å². The smallest absolute Gasteiger partial charge is 0.262 e. The number of hydrogen-bond donors (Lipinski definition) is 2. The molecule has 1 fully saturated rings. The minimum Gasteiger partial charge on any atom is -0.484 e. The molecule has 0 aromatic heterocycles. The van der Waals surface area contributed by atoms with Crippen molar-refractivity contribution in [3.8, 4) is 5.75 Å². The van der Waals surface area contributed by atoms with E-state index in [2.05, 4.69) is 22.8 Å². The van der Waals surface area contributed by atoms with E-state index < -0.39 is 0 Å². The molecule has 3 rings (SSSR count). The number of rotatable bonds is 8. The third-order valence-corrected chi connectivity index (χ3v) is 7.42. The van der Waals surface area contributed by atoms with Crippen LogP contribution in [0.4, 0.5) is 5.69 Å². The van der Waals surface area contributed by atoms with Gasteiger partial charge in [0.05, 0.1) is 11.0 Å². The van der Waals surface area contributed by atoms with Gasteiger partial charge in [0.1, 0.15) is 5.75 Å². The standard InChI is InChI=1S/C23H28N2O3S2/c1-16(2)24-21(26)14-17-4-8-19(9-5-17)25-22(27)15-28-20-10-6-18(7-11-20)23-29-12-3-13-30-23/h4-11,16,23H,3,12-15H2,1-2H3,(H,24,26)(H,25,27). The fourth-order valence-corrected chi connectivity index (χ4v) is 5.91. The van der Waals surface area contributed by atoms with Gasteiger partial charge in [0.2, 0.25) is 5.91 Å². The van der Waals surface area contributed by atoms with Gasteiger partial charge in [0, 0.05) is 11.7 Å². The highest BCUT2D eigenvalue weighted by Crippen LogP contribution is 2.43. The number of amides is 2. The molecule has 0 saturated carbocycles. The van der Waals surface area contributed by atoms with Gasteiger partial charge >= 0.3 is 0 Å². The summed E-state index contributed by atoms with van der Waals surface area (Å²) in [5.41, 5.74) is 2.87. The van der Waals surface area contributed by atoms with Crippen molar-refractivity contribution in [1.29, 1.82) is 0 Å². The molecule has 30 heavy (non-hydrogen) atoms. The lowest BCUT2D eigenvalue weighted by molar-refractivity contribution is -0.121. The van der Waals surface area contributed by atoms with Crippen LogP contribution in [0.25, 0.3) is 0 Å². The van der Waals surface area contributed by atoms with Crippen molar-refractivity contribution in [2.24, 2.45) is 0 Å². The van der Waals surface area contributed by atoms with Gasteiger partial charge in [-0.15, -0.1) is 23.5 Å². The van der Waals surface area contributed by atoms with Gasteiger partial charge < -0.3 is 15.4 Å². The highest BCUT2D eigenvalue weighted by Gasteiger charge is 2.16. The Morgan fingerprint density at radius 1 is 1.00 bits per heavy atom. The fourth-order valence-electron chi connectivity index (χ4n) is 3.01. The molecular formula is C23H28N2O3S2. The second-order valence-corrected chi connectivity index (χ2v) is 10.2. The predicted octanol–water partition coefficient (Wildman–Crippen LogP) is 4.64. The highest BCUT2D eigenvalue weighted by molar-refractivity contribution is 8.16. The van der Waals surface area contributed by atoms with Crippen LogP contribution in [0.1, 0.15) is 36.0 Å². The summed E-state index contributed by atoms with van der Waals surface area (Å²) in [5.74, 6) is 2.88. The average molecular weight is 445 g/mol. The maximum absolute atomic E-state index is 12.2. The second-order valence-electron chi connectivity index (χ2n) is 7.43. The van der Waals surface area contributed by atoms with Crippen molar-refractivity contribution in [2.45, 2.75) is 37.3 Å². The number of carbonyl (C=O) groups is 2. The Kier molecular flexibility index (Phi) is 8.51. The molecule has 1 aliphatic heterocycles. The molecule has 5 nitrogen and oxygen atoms in total. The fraction of sp³-hybridized carbons (Fsp3) is 0.391. The van der Waals surface area contributed by atoms with Crippen LogP contribution < -0.4 is 15.4 Å². The Bertz CT molecular complexity index is 833. The van der Waals surface area contributed by atoms with Crippen LogP contribution in [-0.4, -0.2) is 36.0 Å². The zero-order chi connectivity index (χ0) is 21.3. The minimum atomic E-state index is -0.220. The van der Waals surface area contributed by atoms with E-state index in [-0.39, 0.29) is 24.5 Å². The van der Waals surface area contributed by atoms with E-state index in [1.165, 1.54) is 23.5 Å². The van der Waals surface area contributed by atoms with E-state index in [4.69, 9.17) is 4.74 Å². The summed E-state index contributed by atoms with van der Waals surface area (Å²) >= 11 is 3.97. The van der Waals surface area contributed by atoms with Crippen molar-refractivity contribution in [3.05, 3.63) is 59.7 Å². The molecule has 0 aliphatic carbocycles. The van der Waals surface area contributed by atoms with Crippen molar-refractivity contribution in [1.82, 2.24) is 5.32 Å². The molecule has 0 atom stereocenters. The van der Waals surface area contributed by atoms with Crippen molar-refractivity contribution in [2.75, 3.05) is 23.4 Å². The van der Waals surface area contributed by atoms with Gasteiger partial charge in [-0.05, 0) is 67.2 Å². The molecule has 1 heterocycles. The summed E-state index contributed by atoms with van der Waals surface area (Å²) in [4.78, 5) is 24.0. The van der Waals surface area contributed by atoms with E-state index in [1.54, 1.807) is 12.1 Å².